The SMILES string of the molecule is CNC(c1cc(C)cc(F)c1)c1ccc(Cl)c(OC)c1. The van der Waals surface area contributed by atoms with Gasteiger partial charge in [0.1, 0.15) is 11.6 Å². The van der Waals surface area contributed by atoms with E-state index in [0.717, 1.165) is 16.7 Å². The van der Waals surface area contributed by atoms with Gasteiger partial charge in [-0.3, -0.25) is 0 Å². The van der Waals surface area contributed by atoms with Gasteiger partial charge in [-0.05, 0) is 54.9 Å². The van der Waals surface area contributed by atoms with Gasteiger partial charge in [-0.25, -0.2) is 4.39 Å². The quantitative estimate of drug-likeness (QED) is 0.916. The van der Waals surface area contributed by atoms with Crippen LogP contribution < -0.4 is 10.1 Å². The molecule has 0 fully saturated rings. The van der Waals surface area contributed by atoms with E-state index < -0.39 is 0 Å². The molecule has 0 aliphatic rings. The first-order valence-electron chi connectivity index (χ1n) is 6.33. The zero-order chi connectivity index (χ0) is 14.7. The second kappa shape index (κ2) is 6.25. The van der Waals surface area contributed by atoms with Crippen LogP contribution in [0.15, 0.2) is 36.4 Å². The summed E-state index contributed by atoms with van der Waals surface area (Å²) in [7, 11) is 3.41. The van der Waals surface area contributed by atoms with E-state index in [0.29, 0.717) is 10.8 Å². The first-order chi connectivity index (χ1) is 9.55. The van der Waals surface area contributed by atoms with Crippen LogP contribution in [0, 0.1) is 12.7 Å². The Bertz CT molecular complexity index is 595. The van der Waals surface area contributed by atoms with Crippen molar-refractivity contribution >= 4 is 11.6 Å². The van der Waals surface area contributed by atoms with Crippen molar-refractivity contribution in [1.29, 1.82) is 0 Å². The van der Waals surface area contributed by atoms with Crippen molar-refractivity contribution < 1.29 is 9.13 Å². The molecule has 2 rings (SSSR count). The monoisotopic (exact) mass is 293 g/mol. The second-order valence-electron chi connectivity index (χ2n) is 4.68. The summed E-state index contributed by atoms with van der Waals surface area (Å²) in [5.74, 6) is 0.374. The Morgan fingerprint density at radius 3 is 2.50 bits per heavy atom. The van der Waals surface area contributed by atoms with Crippen molar-refractivity contribution in [2.75, 3.05) is 14.2 Å². The largest absolute Gasteiger partial charge is 0.495 e. The number of rotatable bonds is 4. The molecule has 2 nitrogen and oxygen atoms in total. The van der Waals surface area contributed by atoms with E-state index >= 15 is 0 Å². The Balaban J connectivity index is 2.46. The van der Waals surface area contributed by atoms with Gasteiger partial charge in [0.2, 0.25) is 0 Å². The molecule has 0 radical (unpaired) electrons. The minimum absolute atomic E-state index is 0.115. The number of hydrogen-bond donors (Lipinski definition) is 1. The molecule has 1 N–H and O–H groups in total. The van der Waals surface area contributed by atoms with Gasteiger partial charge in [0.05, 0.1) is 18.2 Å². The number of methoxy groups -OCH3 is 1. The van der Waals surface area contributed by atoms with Crippen LogP contribution in [0.25, 0.3) is 0 Å². The lowest BCUT2D eigenvalue weighted by molar-refractivity contribution is 0.414. The zero-order valence-corrected chi connectivity index (χ0v) is 12.5. The number of aryl methyl sites for hydroxylation is 1. The predicted molar refractivity (Wildman–Crippen MR) is 80.0 cm³/mol. The molecule has 0 aromatic heterocycles. The van der Waals surface area contributed by atoms with Crippen molar-refractivity contribution in [2.45, 2.75) is 13.0 Å². The van der Waals surface area contributed by atoms with Crippen molar-refractivity contribution in [3.05, 3.63) is 63.9 Å². The number of nitrogens with one attached hydrogen (secondary N) is 1. The summed E-state index contributed by atoms with van der Waals surface area (Å²) in [4.78, 5) is 0. The third-order valence-electron chi connectivity index (χ3n) is 3.19. The second-order valence-corrected chi connectivity index (χ2v) is 5.08. The summed E-state index contributed by atoms with van der Waals surface area (Å²) in [6.45, 7) is 1.88. The predicted octanol–water partition coefficient (Wildman–Crippen LogP) is 4.10. The number of hydrogen-bond acceptors (Lipinski definition) is 2. The first kappa shape index (κ1) is 14.8. The van der Waals surface area contributed by atoms with Crippen LogP contribution in [-0.4, -0.2) is 14.2 Å². The fourth-order valence-electron chi connectivity index (χ4n) is 2.31. The normalized spacial score (nSPS) is 12.2. The van der Waals surface area contributed by atoms with Gasteiger partial charge in [-0.15, -0.1) is 0 Å². The van der Waals surface area contributed by atoms with Crippen LogP contribution >= 0.6 is 11.6 Å². The smallest absolute Gasteiger partial charge is 0.137 e. The van der Waals surface area contributed by atoms with Crippen molar-refractivity contribution in [3.8, 4) is 5.75 Å². The first-order valence-corrected chi connectivity index (χ1v) is 6.70. The van der Waals surface area contributed by atoms with Crippen LogP contribution in [0.5, 0.6) is 5.75 Å². The molecule has 1 unspecified atom stereocenters. The topological polar surface area (TPSA) is 21.3 Å². The van der Waals surface area contributed by atoms with E-state index in [1.165, 1.54) is 12.1 Å². The molecule has 0 heterocycles. The fraction of sp³-hybridized carbons (Fsp3) is 0.250. The number of halogens is 2. The summed E-state index contributed by atoms with van der Waals surface area (Å²) in [6, 6.07) is 10.5. The maximum atomic E-state index is 13.6. The standard InChI is InChI=1S/C16H17ClFNO/c1-10-6-12(8-13(18)7-10)16(19-2)11-4-5-14(17)15(9-11)20-3/h4-9,16,19H,1-3H3. The van der Waals surface area contributed by atoms with E-state index in [1.54, 1.807) is 13.2 Å². The van der Waals surface area contributed by atoms with Gasteiger partial charge in [-0.2, -0.15) is 0 Å². The summed E-state index contributed by atoms with van der Waals surface area (Å²) in [6.07, 6.45) is 0. The van der Waals surface area contributed by atoms with Crippen LogP contribution in [0.3, 0.4) is 0 Å². The minimum Gasteiger partial charge on any atom is -0.495 e. The molecule has 2 aromatic rings. The third kappa shape index (κ3) is 3.11. The van der Waals surface area contributed by atoms with Crippen LogP contribution in [-0.2, 0) is 0 Å². The average Bonchev–Trinajstić information content (AvgIpc) is 2.40. The summed E-state index contributed by atoms with van der Waals surface area (Å²) >= 11 is 6.04. The van der Waals surface area contributed by atoms with Gasteiger partial charge in [0, 0.05) is 0 Å². The summed E-state index contributed by atoms with van der Waals surface area (Å²) in [5, 5.41) is 3.75. The van der Waals surface area contributed by atoms with E-state index in [9.17, 15) is 4.39 Å². The fourth-order valence-corrected chi connectivity index (χ4v) is 2.51. The molecule has 4 heteroatoms. The molecule has 0 saturated carbocycles. The third-order valence-corrected chi connectivity index (χ3v) is 3.51. The molecule has 0 bridgehead atoms. The lowest BCUT2D eigenvalue weighted by Crippen LogP contribution is -2.18. The van der Waals surface area contributed by atoms with Crippen molar-refractivity contribution in [2.24, 2.45) is 0 Å². The van der Waals surface area contributed by atoms with E-state index in [1.807, 2.05) is 32.2 Å². The van der Waals surface area contributed by atoms with E-state index in [-0.39, 0.29) is 11.9 Å². The highest BCUT2D eigenvalue weighted by Crippen LogP contribution is 2.30. The molecule has 1 atom stereocenters. The van der Waals surface area contributed by atoms with Crippen molar-refractivity contribution in [3.63, 3.8) is 0 Å². The Morgan fingerprint density at radius 2 is 1.90 bits per heavy atom. The molecule has 0 aliphatic carbocycles. The highest BCUT2D eigenvalue weighted by atomic mass is 35.5. The maximum Gasteiger partial charge on any atom is 0.137 e. The molecule has 0 spiro atoms. The Hall–Kier alpha value is -1.58. The maximum absolute atomic E-state index is 13.6. The summed E-state index contributed by atoms with van der Waals surface area (Å²) in [5.41, 5.74) is 2.73. The molecular weight excluding hydrogens is 277 g/mol. The van der Waals surface area contributed by atoms with Crippen LogP contribution in [0.4, 0.5) is 4.39 Å². The number of benzene rings is 2. The highest BCUT2D eigenvalue weighted by molar-refractivity contribution is 6.32. The van der Waals surface area contributed by atoms with Gasteiger partial charge in [0.25, 0.3) is 0 Å². The van der Waals surface area contributed by atoms with Crippen LogP contribution in [0.1, 0.15) is 22.7 Å². The number of ether oxygens (including phenoxy) is 1. The van der Waals surface area contributed by atoms with E-state index in [4.69, 9.17) is 16.3 Å². The van der Waals surface area contributed by atoms with Gasteiger partial charge in [0.15, 0.2) is 0 Å². The van der Waals surface area contributed by atoms with Crippen LogP contribution in [0.2, 0.25) is 5.02 Å². The average molecular weight is 294 g/mol. The summed E-state index contributed by atoms with van der Waals surface area (Å²) < 4.78 is 18.8. The lowest BCUT2D eigenvalue weighted by Gasteiger charge is -2.19. The molecule has 0 amide bonds. The highest BCUT2D eigenvalue weighted by Gasteiger charge is 2.15. The lowest BCUT2D eigenvalue weighted by atomic mass is 9.97. The Morgan fingerprint density at radius 1 is 1.15 bits per heavy atom. The van der Waals surface area contributed by atoms with Gasteiger partial charge in [-0.1, -0.05) is 23.7 Å². The Labute approximate surface area is 123 Å². The molecular formula is C16H17ClFNO. The molecule has 20 heavy (non-hydrogen) atoms. The molecule has 0 aliphatic heterocycles. The van der Waals surface area contributed by atoms with Gasteiger partial charge >= 0.3 is 0 Å². The zero-order valence-electron chi connectivity index (χ0n) is 11.7. The minimum atomic E-state index is -0.235. The molecule has 0 saturated heterocycles. The molecule has 106 valence electrons. The van der Waals surface area contributed by atoms with E-state index in [2.05, 4.69) is 5.32 Å². The van der Waals surface area contributed by atoms with Crippen molar-refractivity contribution in [1.82, 2.24) is 5.32 Å². The molecule has 2 aromatic carbocycles. The van der Waals surface area contributed by atoms with Gasteiger partial charge < -0.3 is 10.1 Å². The Kier molecular flexibility index (Phi) is 4.63.